The maximum Gasteiger partial charge on any atom is 0.139 e. The van der Waals surface area contributed by atoms with Crippen molar-refractivity contribution in [2.45, 2.75) is 39.5 Å². The van der Waals surface area contributed by atoms with E-state index in [0.29, 0.717) is 6.42 Å². The summed E-state index contributed by atoms with van der Waals surface area (Å²) >= 11 is 0. The van der Waals surface area contributed by atoms with Gasteiger partial charge in [-0.2, -0.15) is 0 Å². The van der Waals surface area contributed by atoms with E-state index in [1.807, 2.05) is 0 Å². The Bertz CT molecular complexity index is 205. The molecule has 0 saturated heterocycles. The van der Waals surface area contributed by atoms with Crippen molar-refractivity contribution in [2.24, 2.45) is 16.3 Å². The fourth-order valence-corrected chi connectivity index (χ4v) is 1.52. The summed E-state index contributed by atoms with van der Waals surface area (Å²) in [5, 5.41) is 23.3. The molecule has 0 aromatic carbocycles. The standard InChI is InChI=1S/C11H25N3O2/c1-11(2,6-4-8-15)9-13-7-3-5-10(12)14-16/h13,15-16H,3-9H2,1-2H3,(H2,12,14). The Morgan fingerprint density at radius 2 is 2.06 bits per heavy atom. The molecule has 0 amide bonds. The molecule has 0 radical (unpaired) electrons. The van der Waals surface area contributed by atoms with Gasteiger partial charge in [-0.15, -0.1) is 0 Å². The first-order valence-corrected chi connectivity index (χ1v) is 5.80. The predicted molar refractivity (Wildman–Crippen MR) is 65.6 cm³/mol. The Kier molecular flexibility index (Phi) is 7.93. The highest BCUT2D eigenvalue weighted by molar-refractivity contribution is 5.79. The smallest absolute Gasteiger partial charge is 0.139 e. The molecule has 0 aromatic heterocycles. The highest BCUT2D eigenvalue weighted by atomic mass is 16.4. The Morgan fingerprint density at radius 3 is 2.62 bits per heavy atom. The van der Waals surface area contributed by atoms with Crippen molar-refractivity contribution in [3.8, 4) is 0 Å². The van der Waals surface area contributed by atoms with Crippen molar-refractivity contribution in [3.63, 3.8) is 0 Å². The molecule has 0 unspecified atom stereocenters. The Labute approximate surface area is 97.7 Å². The van der Waals surface area contributed by atoms with E-state index in [1.165, 1.54) is 0 Å². The number of nitrogens with one attached hydrogen (secondary N) is 1. The van der Waals surface area contributed by atoms with Crippen LogP contribution in [0.5, 0.6) is 0 Å². The highest BCUT2D eigenvalue weighted by Gasteiger charge is 2.16. The van der Waals surface area contributed by atoms with Gasteiger partial charge in [0.2, 0.25) is 0 Å². The van der Waals surface area contributed by atoms with Crippen molar-refractivity contribution < 1.29 is 10.3 Å². The van der Waals surface area contributed by atoms with Crippen LogP contribution in [0.1, 0.15) is 39.5 Å². The summed E-state index contributed by atoms with van der Waals surface area (Å²) in [6.45, 7) is 6.40. The molecular formula is C11H25N3O2. The third kappa shape index (κ3) is 8.49. The SMILES string of the molecule is CC(C)(CCCO)CNCCCC(N)=NO. The lowest BCUT2D eigenvalue weighted by Crippen LogP contribution is -2.30. The Morgan fingerprint density at radius 1 is 1.38 bits per heavy atom. The van der Waals surface area contributed by atoms with Gasteiger partial charge in [0.1, 0.15) is 5.84 Å². The second-order valence-corrected chi connectivity index (χ2v) is 4.86. The lowest BCUT2D eigenvalue weighted by Gasteiger charge is -2.24. The number of hydrogen-bond donors (Lipinski definition) is 4. The number of aliphatic hydroxyl groups is 1. The van der Waals surface area contributed by atoms with Crippen LogP contribution >= 0.6 is 0 Å². The van der Waals surface area contributed by atoms with Gasteiger partial charge in [-0.05, 0) is 31.2 Å². The molecule has 5 N–H and O–H groups in total. The average Bonchev–Trinajstić information content (AvgIpc) is 2.25. The monoisotopic (exact) mass is 231 g/mol. The van der Waals surface area contributed by atoms with Crippen molar-refractivity contribution in [1.29, 1.82) is 0 Å². The highest BCUT2D eigenvalue weighted by Crippen LogP contribution is 2.20. The quantitative estimate of drug-likeness (QED) is 0.156. The molecule has 96 valence electrons. The molecule has 0 aliphatic heterocycles. The molecule has 0 bridgehead atoms. The van der Waals surface area contributed by atoms with Crippen LogP contribution in [0.4, 0.5) is 0 Å². The van der Waals surface area contributed by atoms with E-state index in [4.69, 9.17) is 16.0 Å². The van der Waals surface area contributed by atoms with Gasteiger partial charge in [0.05, 0.1) is 0 Å². The Hall–Kier alpha value is -0.810. The van der Waals surface area contributed by atoms with E-state index < -0.39 is 0 Å². The minimum Gasteiger partial charge on any atom is -0.409 e. The number of hydrogen-bond acceptors (Lipinski definition) is 4. The normalized spacial score (nSPS) is 13.1. The van der Waals surface area contributed by atoms with Gasteiger partial charge in [-0.3, -0.25) is 0 Å². The van der Waals surface area contributed by atoms with Crippen LogP contribution in [-0.4, -0.2) is 35.8 Å². The molecule has 0 aliphatic carbocycles. The molecule has 0 saturated carbocycles. The number of oxime groups is 1. The van der Waals surface area contributed by atoms with E-state index in [0.717, 1.165) is 32.4 Å². The molecule has 16 heavy (non-hydrogen) atoms. The summed E-state index contributed by atoms with van der Waals surface area (Å²) in [7, 11) is 0. The summed E-state index contributed by atoms with van der Waals surface area (Å²) < 4.78 is 0. The lowest BCUT2D eigenvalue weighted by atomic mass is 9.88. The van der Waals surface area contributed by atoms with Crippen LogP contribution in [0.3, 0.4) is 0 Å². The van der Waals surface area contributed by atoms with Gasteiger partial charge in [-0.25, -0.2) is 0 Å². The fraction of sp³-hybridized carbons (Fsp3) is 0.909. The van der Waals surface area contributed by atoms with E-state index in [1.54, 1.807) is 0 Å². The van der Waals surface area contributed by atoms with Crippen molar-refractivity contribution >= 4 is 5.84 Å². The first-order chi connectivity index (χ1) is 7.52. The molecule has 0 atom stereocenters. The van der Waals surface area contributed by atoms with Gasteiger partial charge in [-0.1, -0.05) is 19.0 Å². The maximum atomic E-state index is 8.76. The van der Waals surface area contributed by atoms with E-state index in [9.17, 15) is 0 Å². The van der Waals surface area contributed by atoms with Gasteiger partial charge in [0.25, 0.3) is 0 Å². The first kappa shape index (κ1) is 15.2. The number of amidine groups is 1. The van der Waals surface area contributed by atoms with Crippen LogP contribution in [-0.2, 0) is 0 Å². The summed E-state index contributed by atoms with van der Waals surface area (Å²) in [5.41, 5.74) is 5.56. The summed E-state index contributed by atoms with van der Waals surface area (Å²) in [4.78, 5) is 0. The largest absolute Gasteiger partial charge is 0.409 e. The molecule has 0 spiro atoms. The molecule has 5 heteroatoms. The minimum absolute atomic E-state index is 0.208. The van der Waals surface area contributed by atoms with Crippen LogP contribution in [0.25, 0.3) is 0 Å². The van der Waals surface area contributed by atoms with Crippen molar-refractivity contribution in [1.82, 2.24) is 5.32 Å². The number of nitrogens with two attached hydrogens (primary N) is 1. The van der Waals surface area contributed by atoms with Crippen LogP contribution in [0.15, 0.2) is 5.16 Å². The van der Waals surface area contributed by atoms with Crippen LogP contribution < -0.4 is 11.1 Å². The number of rotatable bonds is 9. The summed E-state index contributed by atoms with van der Waals surface area (Å²) in [6, 6.07) is 0. The van der Waals surface area contributed by atoms with Gasteiger partial charge in [0.15, 0.2) is 0 Å². The van der Waals surface area contributed by atoms with Gasteiger partial charge >= 0.3 is 0 Å². The molecule has 0 aliphatic rings. The van der Waals surface area contributed by atoms with E-state index >= 15 is 0 Å². The van der Waals surface area contributed by atoms with Crippen LogP contribution in [0, 0.1) is 5.41 Å². The molecule has 0 rings (SSSR count). The van der Waals surface area contributed by atoms with Crippen molar-refractivity contribution in [3.05, 3.63) is 0 Å². The number of nitrogens with zero attached hydrogens (tertiary/aromatic N) is 1. The van der Waals surface area contributed by atoms with Gasteiger partial charge < -0.3 is 21.4 Å². The lowest BCUT2D eigenvalue weighted by molar-refractivity contribution is 0.236. The van der Waals surface area contributed by atoms with E-state index in [-0.39, 0.29) is 17.9 Å². The zero-order chi connectivity index (χ0) is 12.4. The number of aliphatic hydroxyl groups excluding tert-OH is 1. The molecular weight excluding hydrogens is 206 g/mol. The fourth-order valence-electron chi connectivity index (χ4n) is 1.52. The molecule has 0 heterocycles. The van der Waals surface area contributed by atoms with Crippen LogP contribution in [0.2, 0.25) is 0 Å². The molecule has 0 aromatic rings. The summed E-state index contributed by atoms with van der Waals surface area (Å²) in [5.74, 6) is 0.279. The second kappa shape index (κ2) is 8.35. The third-order valence-electron chi connectivity index (χ3n) is 2.53. The van der Waals surface area contributed by atoms with Crippen molar-refractivity contribution in [2.75, 3.05) is 19.7 Å². The average molecular weight is 231 g/mol. The first-order valence-electron chi connectivity index (χ1n) is 5.80. The maximum absolute atomic E-state index is 8.76. The van der Waals surface area contributed by atoms with Gasteiger partial charge in [0, 0.05) is 19.6 Å². The summed E-state index contributed by atoms with van der Waals surface area (Å²) in [6.07, 6.45) is 3.34. The molecule has 0 fully saturated rings. The second-order valence-electron chi connectivity index (χ2n) is 4.86. The molecule has 5 nitrogen and oxygen atoms in total. The third-order valence-corrected chi connectivity index (χ3v) is 2.53. The predicted octanol–water partition coefficient (Wildman–Crippen LogP) is 0.901. The zero-order valence-electron chi connectivity index (χ0n) is 10.4. The topological polar surface area (TPSA) is 90.9 Å². The Balaban J connectivity index is 3.49. The zero-order valence-corrected chi connectivity index (χ0v) is 10.4. The minimum atomic E-state index is 0.208. The van der Waals surface area contributed by atoms with E-state index in [2.05, 4.69) is 24.3 Å².